The minimum absolute atomic E-state index is 0.486. The number of nitrogen functional groups attached to an aromatic ring is 1. The Balaban J connectivity index is 2.27. The summed E-state index contributed by atoms with van der Waals surface area (Å²) in [5.41, 5.74) is 11.4. The summed E-state index contributed by atoms with van der Waals surface area (Å²) in [6, 6.07) is 12.1. The lowest BCUT2D eigenvalue weighted by Gasteiger charge is -2.11. The maximum atomic E-state index is 6.09. The molecule has 0 atom stereocenters. The molecular weight excluding hydrogens is 250 g/mol. The molecule has 0 amide bonds. The Morgan fingerprint density at radius 3 is 2.60 bits per heavy atom. The van der Waals surface area contributed by atoms with Crippen molar-refractivity contribution in [1.29, 1.82) is 0 Å². The number of anilines is 1. The van der Waals surface area contributed by atoms with Crippen molar-refractivity contribution in [2.24, 2.45) is 0 Å². The SMILES string of the molecule is COc1ccc2c(c1)nc(N)n2-c1ccc(C)cc1C. The van der Waals surface area contributed by atoms with Gasteiger partial charge in [-0.05, 0) is 37.6 Å². The Bertz CT molecular complexity index is 790. The van der Waals surface area contributed by atoms with Gasteiger partial charge in [-0.3, -0.25) is 4.57 Å². The molecule has 0 aliphatic carbocycles. The lowest BCUT2D eigenvalue weighted by atomic mass is 10.1. The van der Waals surface area contributed by atoms with Crippen LogP contribution in [0.25, 0.3) is 16.7 Å². The minimum atomic E-state index is 0.486. The van der Waals surface area contributed by atoms with E-state index in [9.17, 15) is 0 Å². The van der Waals surface area contributed by atoms with Gasteiger partial charge in [-0.25, -0.2) is 4.98 Å². The molecule has 4 heteroatoms. The third-order valence-electron chi connectivity index (χ3n) is 3.48. The fraction of sp³-hybridized carbons (Fsp3) is 0.188. The lowest BCUT2D eigenvalue weighted by Crippen LogP contribution is -2.02. The van der Waals surface area contributed by atoms with Gasteiger partial charge in [0, 0.05) is 6.07 Å². The van der Waals surface area contributed by atoms with Crippen LogP contribution in [0.15, 0.2) is 36.4 Å². The Morgan fingerprint density at radius 1 is 1.10 bits per heavy atom. The number of methoxy groups -OCH3 is 1. The van der Waals surface area contributed by atoms with E-state index in [0.29, 0.717) is 5.95 Å². The molecule has 2 aromatic carbocycles. The molecule has 0 saturated carbocycles. The Labute approximate surface area is 117 Å². The van der Waals surface area contributed by atoms with Crippen molar-refractivity contribution in [1.82, 2.24) is 9.55 Å². The van der Waals surface area contributed by atoms with Crippen LogP contribution in [0.3, 0.4) is 0 Å². The number of nitrogens with two attached hydrogens (primary N) is 1. The van der Waals surface area contributed by atoms with E-state index in [1.807, 2.05) is 22.8 Å². The Kier molecular flexibility index (Phi) is 2.86. The van der Waals surface area contributed by atoms with Gasteiger partial charge in [0.05, 0.1) is 23.8 Å². The molecule has 1 aromatic heterocycles. The number of ether oxygens (including phenoxy) is 1. The zero-order valence-corrected chi connectivity index (χ0v) is 11.8. The molecule has 0 unspecified atom stereocenters. The molecule has 0 spiro atoms. The first-order valence-corrected chi connectivity index (χ1v) is 6.50. The van der Waals surface area contributed by atoms with Gasteiger partial charge in [0.15, 0.2) is 0 Å². The molecule has 0 radical (unpaired) electrons. The molecule has 0 saturated heterocycles. The van der Waals surface area contributed by atoms with E-state index < -0.39 is 0 Å². The number of rotatable bonds is 2. The van der Waals surface area contributed by atoms with E-state index >= 15 is 0 Å². The van der Waals surface area contributed by atoms with Gasteiger partial charge in [-0.15, -0.1) is 0 Å². The number of nitrogens with zero attached hydrogens (tertiary/aromatic N) is 2. The Hall–Kier alpha value is -2.49. The lowest BCUT2D eigenvalue weighted by molar-refractivity contribution is 0.415. The first kappa shape index (κ1) is 12.5. The van der Waals surface area contributed by atoms with Gasteiger partial charge >= 0.3 is 0 Å². The largest absolute Gasteiger partial charge is 0.497 e. The first-order valence-electron chi connectivity index (χ1n) is 6.50. The standard InChI is InChI=1S/C16H17N3O/c1-10-4-6-14(11(2)8-10)19-15-7-5-12(20-3)9-13(15)18-16(19)17/h4-9H,1-3H3,(H2,17,18). The summed E-state index contributed by atoms with van der Waals surface area (Å²) in [7, 11) is 1.64. The number of aryl methyl sites for hydroxylation is 2. The maximum absolute atomic E-state index is 6.09. The van der Waals surface area contributed by atoms with Crippen LogP contribution in [0.1, 0.15) is 11.1 Å². The van der Waals surface area contributed by atoms with E-state index in [1.54, 1.807) is 7.11 Å². The van der Waals surface area contributed by atoms with E-state index in [2.05, 4.69) is 37.0 Å². The van der Waals surface area contributed by atoms with Crippen LogP contribution in [0.4, 0.5) is 5.95 Å². The molecule has 3 rings (SSSR count). The zero-order chi connectivity index (χ0) is 14.3. The quantitative estimate of drug-likeness (QED) is 0.775. The maximum Gasteiger partial charge on any atom is 0.205 e. The highest BCUT2D eigenvalue weighted by Gasteiger charge is 2.12. The normalized spacial score (nSPS) is 10.9. The van der Waals surface area contributed by atoms with Gasteiger partial charge in [0.25, 0.3) is 0 Å². The van der Waals surface area contributed by atoms with Crippen LogP contribution >= 0.6 is 0 Å². The smallest absolute Gasteiger partial charge is 0.205 e. The average molecular weight is 267 g/mol. The fourth-order valence-corrected chi connectivity index (χ4v) is 2.52. The van der Waals surface area contributed by atoms with Crippen molar-refractivity contribution in [2.45, 2.75) is 13.8 Å². The number of hydrogen-bond acceptors (Lipinski definition) is 3. The number of imidazole rings is 1. The molecule has 0 aliphatic rings. The molecule has 2 N–H and O–H groups in total. The molecular formula is C16H17N3O. The topological polar surface area (TPSA) is 53.1 Å². The van der Waals surface area contributed by atoms with Crippen molar-refractivity contribution in [3.63, 3.8) is 0 Å². The van der Waals surface area contributed by atoms with Crippen molar-refractivity contribution in [3.8, 4) is 11.4 Å². The van der Waals surface area contributed by atoms with Crippen LogP contribution in [-0.2, 0) is 0 Å². The van der Waals surface area contributed by atoms with Crippen molar-refractivity contribution in [2.75, 3.05) is 12.8 Å². The first-order chi connectivity index (χ1) is 9.60. The van der Waals surface area contributed by atoms with E-state index in [1.165, 1.54) is 11.1 Å². The molecule has 20 heavy (non-hydrogen) atoms. The van der Waals surface area contributed by atoms with E-state index in [0.717, 1.165) is 22.5 Å². The van der Waals surface area contributed by atoms with Crippen LogP contribution in [0, 0.1) is 13.8 Å². The molecule has 3 aromatic rings. The summed E-state index contributed by atoms with van der Waals surface area (Å²) < 4.78 is 7.20. The van der Waals surface area contributed by atoms with Gasteiger partial charge in [0.1, 0.15) is 5.75 Å². The number of hydrogen-bond donors (Lipinski definition) is 1. The van der Waals surface area contributed by atoms with Gasteiger partial charge in [0.2, 0.25) is 5.95 Å². The fourth-order valence-electron chi connectivity index (χ4n) is 2.52. The minimum Gasteiger partial charge on any atom is -0.497 e. The summed E-state index contributed by atoms with van der Waals surface area (Å²) in [5.74, 6) is 1.27. The van der Waals surface area contributed by atoms with Crippen LogP contribution in [-0.4, -0.2) is 16.7 Å². The zero-order valence-electron chi connectivity index (χ0n) is 11.8. The predicted molar refractivity (Wildman–Crippen MR) is 81.5 cm³/mol. The van der Waals surface area contributed by atoms with Crippen molar-refractivity contribution < 1.29 is 4.74 Å². The van der Waals surface area contributed by atoms with Gasteiger partial charge in [-0.1, -0.05) is 17.7 Å². The molecule has 0 bridgehead atoms. The van der Waals surface area contributed by atoms with E-state index in [-0.39, 0.29) is 0 Å². The molecule has 0 aliphatic heterocycles. The second-order valence-electron chi connectivity index (χ2n) is 4.95. The highest BCUT2D eigenvalue weighted by Crippen LogP contribution is 2.28. The number of aromatic nitrogens is 2. The third-order valence-corrected chi connectivity index (χ3v) is 3.48. The van der Waals surface area contributed by atoms with Crippen LogP contribution < -0.4 is 10.5 Å². The van der Waals surface area contributed by atoms with Crippen LogP contribution in [0.5, 0.6) is 5.75 Å². The highest BCUT2D eigenvalue weighted by atomic mass is 16.5. The van der Waals surface area contributed by atoms with Gasteiger partial charge < -0.3 is 10.5 Å². The summed E-state index contributed by atoms with van der Waals surface area (Å²) in [4.78, 5) is 4.42. The van der Waals surface area contributed by atoms with Gasteiger partial charge in [-0.2, -0.15) is 0 Å². The number of benzene rings is 2. The summed E-state index contributed by atoms with van der Waals surface area (Å²) in [5, 5.41) is 0. The molecule has 4 nitrogen and oxygen atoms in total. The van der Waals surface area contributed by atoms with Crippen molar-refractivity contribution in [3.05, 3.63) is 47.5 Å². The molecule has 0 fully saturated rings. The highest BCUT2D eigenvalue weighted by molar-refractivity contribution is 5.82. The second-order valence-corrected chi connectivity index (χ2v) is 4.95. The molecule has 102 valence electrons. The van der Waals surface area contributed by atoms with E-state index in [4.69, 9.17) is 10.5 Å². The summed E-state index contributed by atoms with van der Waals surface area (Å²) in [6.45, 7) is 4.16. The van der Waals surface area contributed by atoms with Crippen LogP contribution in [0.2, 0.25) is 0 Å². The summed E-state index contributed by atoms with van der Waals surface area (Å²) >= 11 is 0. The predicted octanol–water partition coefficient (Wildman–Crippen LogP) is 3.23. The summed E-state index contributed by atoms with van der Waals surface area (Å²) in [6.07, 6.45) is 0. The Morgan fingerprint density at radius 2 is 1.90 bits per heavy atom. The molecule has 1 heterocycles. The van der Waals surface area contributed by atoms with Crippen molar-refractivity contribution >= 4 is 17.0 Å². The monoisotopic (exact) mass is 267 g/mol. The number of fused-ring (bicyclic) bond motifs is 1. The average Bonchev–Trinajstić information content (AvgIpc) is 2.74. The third kappa shape index (κ3) is 1.90. The second kappa shape index (κ2) is 4.56.